The Bertz CT molecular complexity index is 684. The number of aromatic amines is 1. The van der Waals surface area contributed by atoms with Crippen LogP contribution < -0.4 is 4.90 Å². The van der Waals surface area contributed by atoms with Crippen LogP contribution in [0.15, 0.2) is 18.6 Å². The Hall–Kier alpha value is -2.31. The number of ether oxygens (including phenoxy) is 1. The van der Waals surface area contributed by atoms with E-state index in [1.807, 2.05) is 33.2 Å². The van der Waals surface area contributed by atoms with Crippen molar-refractivity contribution >= 4 is 22.9 Å². The number of likely N-dealkylation sites (N-methyl/N-ethyl adjacent to an activating group) is 1. The van der Waals surface area contributed by atoms with Crippen molar-refractivity contribution in [3.63, 3.8) is 0 Å². The van der Waals surface area contributed by atoms with Crippen molar-refractivity contribution in [1.82, 2.24) is 19.9 Å². The third-order valence-corrected chi connectivity index (χ3v) is 4.18. The zero-order valence-corrected chi connectivity index (χ0v) is 13.8. The predicted molar refractivity (Wildman–Crippen MR) is 88.5 cm³/mol. The number of hydrogen-bond acceptors (Lipinski definition) is 5. The lowest BCUT2D eigenvalue weighted by Gasteiger charge is -2.26. The lowest BCUT2D eigenvalue weighted by Crippen LogP contribution is -2.37. The second-order valence-corrected chi connectivity index (χ2v) is 6.41. The van der Waals surface area contributed by atoms with Crippen LogP contribution in [0.3, 0.4) is 0 Å². The van der Waals surface area contributed by atoms with Crippen LogP contribution in [0.2, 0.25) is 0 Å². The molecule has 0 saturated carbocycles. The zero-order valence-electron chi connectivity index (χ0n) is 13.8. The van der Waals surface area contributed by atoms with Gasteiger partial charge < -0.3 is 19.5 Å². The van der Waals surface area contributed by atoms with E-state index in [1.54, 1.807) is 11.2 Å². The molecule has 1 atom stereocenters. The molecule has 0 spiro atoms. The molecule has 7 nitrogen and oxygen atoms in total. The fraction of sp³-hybridized carbons (Fsp3) is 0.562. The molecule has 1 aliphatic rings. The summed E-state index contributed by atoms with van der Waals surface area (Å²) in [7, 11) is 2.02. The van der Waals surface area contributed by atoms with Gasteiger partial charge in [0.05, 0.1) is 12.0 Å². The van der Waals surface area contributed by atoms with Crippen molar-refractivity contribution in [2.24, 2.45) is 5.92 Å². The first kappa shape index (κ1) is 15.6. The van der Waals surface area contributed by atoms with E-state index in [0.29, 0.717) is 25.6 Å². The van der Waals surface area contributed by atoms with Gasteiger partial charge in [-0.1, -0.05) is 13.8 Å². The Labute approximate surface area is 135 Å². The van der Waals surface area contributed by atoms with Gasteiger partial charge in [0.1, 0.15) is 17.8 Å². The third-order valence-electron chi connectivity index (χ3n) is 4.18. The minimum atomic E-state index is -0.218. The first-order valence-electron chi connectivity index (χ1n) is 7.99. The van der Waals surface area contributed by atoms with Crippen LogP contribution in [-0.2, 0) is 4.74 Å². The van der Waals surface area contributed by atoms with E-state index in [1.165, 1.54) is 0 Å². The summed E-state index contributed by atoms with van der Waals surface area (Å²) >= 11 is 0. The highest BCUT2D eigenvalue weighted by Gasteiger charge is 2.31. The molecule has 2 aromatic heterocycles. The van der Waals surface area contributed by atoms with E-state index >= 15 is 0 Å². The largest absolute Gasteiger partial charge is 0.449 e. The van der Waals surface area contributed by atoms with Crippen LogP contribution in [0.5, 0.6) is 0 Å². The molecule has 0 aromatic carbocycles. The van der Waals surface area contributed by atoms with Gasteiger partial charge in [0.25, 0.3) is 0 Å². The number of nitrogens with one attached hydrogen (secondary N) is 1. The van der Waals surface area contributed by atoms with Crippen molar-refractivity contribution in [3.05, 3.63) is 18.6 Å². The van der Waals surface area contributed by atoms with E-state index in [-0.39, 0.29) is 12.1 Å². The fourth-order valence-corrected chi connectivity index (χ4v) is 2.87. The lowest BCUT2D eigenvalue weighted by atomic mass is 10.2. The third kappa shape index (κ3) is 3.23. The summed E-state index contributed by atoms with van der Waals surface area (Å²) < 4.78 is 5.32. The van der Waals surface area contributed by atoms with Gasteiger partial charge in [0, 0.05) is 32.4 Å². The van der Waals surface area contributed by atoms with Crippen molar-refractivity contribution in [1.29, 1.82) is 0 Å². The summed E-state index contributed by atoms with van der Waals surface area (Å²) in [6.45, 7) is 5.90. The molecule has 0 bridgehead atoms. The van der Waals surface area contributed by atoms with Gasteiger partial charge in [-0.05, 0) is 18.4 Å². The first-order chi connectivity index (χ1) is 11.1. The van der Waals surface area contributed by atoms with Gasteiger partial charge >= 0.3 is 6.09 Å². The summed E-state index contributed by atoms with van der Waals surface area (Å²) in [4.78, 5) is 27.7. The summed E-state index contributed by atoms with van der Waals surface area (Å²) in [6.07, 6.45) is 4.11. The molecular weight excluding hydrogens is 294 g/mol. The Balaban J connectivity index is 1.67. The Morgan fingerprint density at radius 1 is 1.52 bits per heavy atom. The second-order valence-electron chi connectivity index (χ2n) is 6.41. The molecule has 7 heteroatoms. The molecule has 0 aliphatic carbocycles. The number of H-pyrrole nitrogens is 1. The van der Waals surface area contributed by atoms with Gasteiger partial charge in [-0.15, -0.1) is 0 Å². The number of nitrogens with zero attached hydrogens (tertiary/aromatic N) is 4. The van der Waals surface area contributed by atoms with Crippen molar-refractivity contribution in [2.45, 2.75) is 26.3 Å². The van der Waals surface area contributed by atoms with Crippen LogP contribution in [0, 0.1) is 5.92 Å². The van der Waals surface area contributed by atoms with Crippen LogP contribution in [-0.4, -0.2) is 58.7 Å². The Kier molecular flexibility index (Phi) is 4.36. The first-order valence-corrected chi connectivity index (χ1v) is 7.99. The molecule has 0 unspecified atom stereocenters. The maximum absolute atomic E-state index is 12.1. The topological polar surface area (TPSA) is 74.3 Å². The maximum Gasteiger partial charge on any atom is 0.409 e. The minimum Gasteiger partial charge on any atom is -0.449 e. The quantitative estimate of drug-likeness (QED) is 0.936. The number of fused-ring (bicyclic) bond motifs is 1. The molecule has 0 radical (unpaired) electrons. The molecule has 1 saturated heterocycles. The summed E-state index contributed by atoms with van der Waals surface area (Å²) in [5.74, 6) is 1.24. The van der Waals surface area contributed by atoms with Crippen LogP contribution in [0.4, 0.5) is 10.6 Å². The number of amides is 1. The standard InChI is InChI=1S/C16H23N5O2/c1-11(2)9-23-16(22)21-7-5-12(8-21)20(3)15-13-4-6-17-14(13)18-10-19-15/h4,6,10-12H,5,7-9H2,1-3H3,(H,17,18,19)/t12-/m1/s1. The molecule has 124 valence electrons. The van der Waals surface area contributed by atoms with Crippen LogP contribution in [0.1, 0.15) is 20.3 Å². The van der Waals surface area contributed by atoms with E-state index < -0.39 is 0 Å². The number of rotatable bonds is 4. The van der Waals surface area contributed by atoms with Gasteiger partial charge in [0.2, 0.25) is 0 Å². The van der Waals surface area contributed by atoms with Gasteiger partial charge in [-0.3, -0.25) is 0 Å². The molecule has 23 heavy (non-hydrogen) atoms. The molecule has 1 N–H and O–H groups in total. The zero-order chi connectivity index (χ0) is 16.4. The number of hydrogen-bond donors (Lipinski definition) is 1. The second kappa shape index (κ2) is 6.44. The number of anilines is 1. The lowest BCUT2D eigenvalue weighted by molar-refractivity contribution is 0.0991. The monoisotopic (exact) mass is 317 g/mol. The van der Waals surface area contributed by atoms with Crippen LogP contribution >= 0.6 is 0 Å². The minimum absolute atomic E-state index is 0.218. The summed E-state index contributed by atoms with van der Waals surface area (Å²) in [5.41, 5.74) is 0.827. The average Bonchev–Trinajstić information content (AvgIpc) is 3.20. The highest BCUT2D eigenvalue weighted by atomic mass is 16.6. The number of carbonyl (C=O) groups excluding carboxylic acids is 1. The molecule has 3 rings (SSSR count). The summed E-state index contributed by atoms with van der Waals surface area (Å²) in [5, 5.41) is 0.996. The molecule has 3 heterocycles. The normalized spacial score (nSPS) is 17.9. The van der Waals surface area contributed by atoms with E-state index in [0.717, 1.165) is 23.3 Å². The summed E-state index contributed by atoms with van der Waals surface area (Å²) in [6, 6.07) is 2.21. The van der Waals surface area contributed by atoms with E-state index in [2.05, 4.69) is 19.9 Å². The van der Waals surface area contributed by atoms with Gasteiger partial charge in [-0.25, -0.2) is 14.8 Å². The van der Waals surface area contributed by atoms with Crippen molar-refractivity contribution < 1.29 is 9.53 Å². The highest BCUT2D eigenvalue weighted by Crippen LogP contribution is 2.26. The average molecular weight is 317 g/mol. The molecule has 1 amide bonds. The van der Waals surface area contributed by atoms with Crippen LogP contribution in [0.25, 0.3) is 11.0 Å². The van der Waals surface area contributed by atoms with Crippen molar-refractivity contribution in [2.75, 3.05) is 31.6 Å². The number of aromatic nitrogens is 3. The highest BCUT2D eigenvalue weighted by molar-refractivity contribution is 5.87. The maximum atomic E-state index is 12.1. The van der Waals surface area contributed by atoms with Gasteiger partial charge in [-0.2, -0.15) is 0 Å². The Morgan fingerprint density at radius 2 is 2.35 bits per heavy atom. The number of likely N-dealkylation sites (tertiary alicyclic amines) is 1. The molecule has 1 aliphatic heterocycles. The fourth-order valence-electron chi connectivity index (χ4n) is 2.87. The SMILES string of the molecule is CC(C)COC(=O)N1CC[C@@H](N(C)c2ncnc3[nH]ccc23)C1. The van der Waals surface area contributed by atoms with E-state index in [9.17, 15) is 4.79 Å². The molecule has 1 fully saturated rings. The smallest absolute Gasteiger partial charge is 0.409 e. The predicted octanol–water partition coefficient (Wildman–Crippen LogP) is 2.26. The molecule has 2 aromatic rings. The van der Waals surface area contributed by atoms with Crippen molar-refractivity contribution in [3.8, 4) is 0 Å². The van der Waals surface area contributed by atoms with Gasteiger partial charge in [0.15, 0.2) is 0 Å². The molecular formula is C16H23N5O2. The van der Waals surface area contributed by atoms with E-state index in [4.69, 9.17) is 4.74 Å². The Morgan fingerprint density at radius 3 is 3.13 bits per heavy atom. The number of carbonyl (C=O) groups is 1.